The predicted molar refractivity (Wildman–Crippen MR) is 55.0 cm³/mol. The summed E-state index contributed by atoms with van der Waals surface area (Å²) in [6.45, 7) is 5.65. The zero-order chi connectivity index (χ0) is 10.4. The third-order valence-electron chi connectivity index (χ3n) is 3.03. The molecule has 0 aromatic heterocycles. The molecule has 3 heteroatoms. The molecule has 0 amide bonds. The lowest BCUT2D eigenvalue weighted by Crippen LogP contribution is -2.43. The van der Waals surface area contributed by atoms with Crippen LogP contribution in [0.15, 0.2) is 0 Å². The number of rotatable bonds is 5. The molecule has 1 aliphatic heterocycles. The molecule has 1 fully saturated rings. The van der Waals surface area contributed by atoms with Crippen molar-refractivity contribution in [3.05, 3.63) is 0 Å². The molecule has 84 valence electrons. The summed E-state index contributed by atoms with van der Waals surface area (Å²) < 4.78 is 11.2. The summed E-state index contributed by atoms with van der Waals surface area (Å²) >= 11 is 0. The van der Waals surface area contributed by atoms with Crippen molar-refractivity contribution in [2.75, 3.05) is 19.8 Å². The van der Waals surface area contributed by atoms with Crippen LogP contribution in [0.25, 0.3) is 0 Å². The van der Waals surface area contributed by atoms with Crippen LogP contribution in [-0.4, -0.2) is 31.2 Å². The van der Waals surface area contributed by atoms with Gasteiger partial charge in [0.2, 0.25) is 0 Å². The molecule has 0 aromatic carbocycles. The Morgan fingerprint density at radius 3 is 2.36 bits per heavy atom. The molecule has 1 rings (SSSR count). The topological polar surface area (TPSA) is 38.7 Å². The molecule has 1 heterocycles. The molecule has 0 atom stereocenters. The summed E-state index contributed by atoms with van der Waals surface area (Å²) in [6, 6.07) is 0. The molecule has 0 unspecified atom stereocenters. The van der Waals surface area contributed by atoms with E-state index in [1.54, 1.807) is 0 Å². The van der Waals surface area contributed by atoms with Crippen LogP contribution in [0.1, 0.15) is 39.5 Å². The van der Waals surface area contributed by atoms with Gasteiger partial charge in [-0.1, -0.05) is 20.3 Å². The predicted octanol–water partition coefficient (Wildman–Crippen LogP) is 1.94. The molecule has 1 aliphatic rings. The van der Waals surface area contributed by atoms with Crippen molar-refractivity contribution in [2.24, 2.45) is 5.41 Å². The van der Waals surface area contributed by atoms with Crippen LogP contribution in [0.4, 0.5) is 0 Å². The van der Waals surface area contributed by atoms with Crippen molar-refractivity contribution in [1.29, 1.82) is 0 Å². The van der Waals surface area contributed by atoms with Crippen LogP contribution in [0, 0.1) is 5.41 Å². The highest BCUT2D eigenvalue weighted by Crippen LogP contribution is 2.28. The Hall–Kier alpha value is -0.120. The van der Waals surface area contributed by atoms with Gasteiger partial charge in [0.1, 0.15) is 0 Å². The van der Waals surface area contributed by atoms with E-state index in [9.17, 15) is 5.11 Å². The number of hydrogen-bond acceptors (Lipinski definition) is 3. The summed E-state index contributed by atoms with van der Waals surface area (Å²) in [5, 5.41) is 9.24. The van der Waals surface area contributed by atoms with Crippen LogP contribution < -0.4 is 0 Å². The average Bonchev–Trinajstić information content (AvgIpc) is 2.27. The Morgan fingerprint density at radius 1 is 1.29 bits per heavy atom. The van der Waals surface area contributed by atoms with E-state index in [4.69, 9.17) is 9.47 Å². The van der Waals surface area contributed by atoms with Gasteiger partial charge in [-0.25, -0.2) is 0 Å². The first-order valence-electron chi connectivity index (χ1n) is 5.60. The summed E-state index contributed by atoms with van der Waals surface area (Å²) in [6.07, 6.45) is 4.15. The molecule has 0 spiro atoms. The van der Waals surface area contributed by atoms with Gasteiger partial charge in [-0.15, -0.1) is 0 Å². The standard InChI is InChI=1S/C11H22O3/c1-3-5-6-10-13-8-11(4-2,7-12)9-14-10/h10,12H,3-9H2,1-2H3. The van der Waals surface area contributed by atoms with Gasteiger partial charge in [-0.3, -0.25) is 0 Å². The third-order valence-corrected chi connectivity index (χ3v) is 3.03. The van der Waals surface area contributed by atoms with Crippen molar-refractivity contribution >= 4 is 0 Å². The first-order chi connectivity index (χ1) is 6.76. The maximum atomic E-state index is 9.24. The molecular formula is C11H22O3. The SMILES string of the molecule is CCCCC1OCC(CC)(CO)CO1. The van der Waals surface area contributed by atoms with Crippen molar-refractivity contribution in [3.63, 3.8) is 0 Å². The van der Waals surface area contributed by atoms with Gasteiger partial charge in [-0.2, -0.15) is 0 Å². The van der Waals surface area contributed by atoms with Crippen molar-refractivity contribution in [3.8, 4) is 0 Å². The zero-order valence-electron chi connectivity index (χ0n) is 9.29. The van der Waals surface area contributed by atoms with Crippen molar-refractivity contribution in [2.45, 2.75) is 45.8 Å². The molecule has 0 aliphatic carbocycles. The first kappa shape index (κ1) is 12.0. The van der Waals surface area contributed by atoms with E-state index >= 15 is 0 Å². The van der Waals surface area contributed by atoms with Gasteiger partial charge >= 0.3 is 0 Å². The minimum Gasteiger partial charge on any atom is -0.396 e. The van der Waals surface area contributed by atoms with E-state index in [0.29, 0.717) is 13.2 Å². The Labute approximate surface area is 86.4 Å². The van der Waals surface area contributed by atoms with Gasteiger partial charge in [0.05, 0.1) is 19.8 Å². The Kier molecular flexibility index (Phi) is 4.85. The van der Waals surface area contributed by atoms with E-state index in [0.717, 1.165) is 19.3 Å². The fourth-order valence-corrected chi connectivity index (χ4v) is 1.57. The van der Waals surface area contributed by atoms with E-state index < -0.39 is 0 Å². The molecule has 0 aromatic rings. The molecule has 3 nitrogen and oxygen atoms in total. The van der Waals surface area contributed by atoms with Crippen molar-refractivity contribution < 1.29 is 14.6 Å². The van der Waals surface area contributed by atoms with Crippen LogP contribution in [0.5, 0.6) is 0 Å². The largest absolute Gasteiger partial charge is 0.396 e. The maximum Gasteiger partial charge on any atom is 0.157 e. The Morgan fingerprint density at radius 2 is 1.93 bits per heavy atom. The molecule has 0 saturated carbocycles. The Bertz CT molecular complexity index is 145. The number of aliphatic hydroxyl groups is 1. The van der Waals surface area contributed by atoms with Gasteiger partial charge in [0.15, 0.2) is 6.29 Å². The smallest absolute Gasteiger partial charge is 0.157 e. The van der Waals surface area contributed by atoms with Gasteiger partial charge < -0.3 is 14.6 Å². The van der Waals surface area contributed by atoms with E-state index in [1.807, 2.05) is 0 Å². The second-order valence-corrected chi connectivity index (χ2v) is 4.21. The Balaban J connectivity index is 2.29. The summed E-state index contributed by atoms with van der Waals surface area (Å²) in [5.74, 6) is 0. The second kappa shape index (κ2) is 5.69. The van der Waals surface area contributed by atoms with E-state index in [1.165, 1.54) is 6.42 Å². The van der Waals surface area contributed by atoms with Crippen LogP contribution in [0.2, 0.25) is 0 Å². The summed E-state index contributed by atoms with van der Waals surface area (Å²) in [4.78, 5) is 0. The third kappa shape index (κ3) is 2.94. The molecule has 14 heavy (non-hydrogen) atoms. The maximum absolute atomic E-state index is 9.24. The molecule has 0 bridgehead atoms. The lowest BCUT2D eigenvalue weighted by Gasteiger charge is -2.38. The highest BCUT2D eigenvalue weighted by atomic mass is 16.7. The van der Waals surface area contributed by atoms with Crippen LogP contribution in [0.3, 0.4) is 0 Å². The normalized spacial score (nSPS) is 33.2. The fourth-order valence-electron chi connectivity index (χ4n) is 1.57. The zero-order valence-corrected chi connectivity index (χ0v) is 9.29. The monoisotopic (exact) mass is 202 g/mol. The first-order valence-corrected chi connectivity index (χ1v) is 5.60. The highest BCUT2D eigenvalue weighted by molar-refractivity contribution is 4.79. The molecular weight excluding hydrogens is 180 g/mol. The molecule has 1 saturated heterocycles. The van der Waals surface area contributed by atoms with Gasteiger partial charge in [0, 0.05) is 5.41 Å². The second-order valence-electron chi connectivity index (χ2n) is 4.21. The number of unbranched alkanes of at least 4 members (excludes halogenated alkanes) is 1. The van der Waals surface area contributed by atoms with Gasteiger partial charge in [0.25, 0.3) is 0 Å². The van der Waals surface area contributed by atoms with E-state index in [-0.39, 0.29) is 18.3 Å². The minimum absolute atomic E-state index is 0.0406. The molecule has 1 N–H and O–H groups in total. The molecule has 0 radical (unpaired) electrons. The lowest BCUT2D eigenvalue weighted by atomic mass is 9.87. The summed E-state index contributed by atoms with van der Waals surface area (Å²) in [5.41, 5.74) is -0.150. The lowest BCUT2D eigenvalue weighted by molar-refractivity contribution is -0.239. The summed E-state index contributed by atoms with van der Waals surface area (Å²) in [7, 11) is 0. The average molecular weight is 202 g/mol. The minimum atomic E-state index is -0.150. The number of aliphatic hydroxyl groups excluding tert-OH is 1. The van der Waals surface area contributed by atoms with Gasteiger partial charge in [-0.05, 0) is 19.3 Å². The fraction of sp³-hybridized carbons (Fsp3) is 1.00. The number of hydrogen-bond donors (Lipinski definition) is 1. The van der Waals surface area contributed by atoms with Crippen LogP contribution in [-0.2, 0) is 9.47 Å². The number of ether oxygens (including phenoxy) is 2. The quantitative estimate of drug-likeness (QED) is 0.740. The van der Waals surface area contributed by atoms with E-state index in [2.05, 4.69) is 13.8 Å². The van der Waals surface area contributed by atoms with Crippen LogP contribution >= 0.6 is 0 Å². The van der Waals surface area contributed by atoms with Crippen molar-refractivity contribution in [1.82, 2.24) is 0 Å². The highest BCUT2D eigenvalue weighted by Gasteiger charge is 2.34.